The van der Waals surface area contributed by atoms with Crippen LogP contribution in [0, 0.1) is 0 Å². The molecular weight excluding hydrogens is 368 g/mol. The number of methoxy groups -OCH3 is 2. The Morgan fingerprint density at radius 2 is 1.83 bits per heavy atom. The van der Waals surface area contributed by atoms with E-state index in [0.717, 1.165) is 54.8 Å². The zero-order chi connectivity index (χ0) is 20.6. The lowest BCUT2D eigenvalue weighted by Gasteiger charge is -2.21. The molecule has 0 radical (unpaired) electrons. The van der Waals surface area contributed by atoms with Gasteiger partial charge < -0.3 is 30.1 Å². The van der Waals surface area contributed by atoms with Crippen LogP contribution in [0.4, 0.5) is 5.69 Å². The molecule has 2 aromatic carbocycles. The molecule has 156 valence electrons. The van der Waals surface area contributed by atoms with E-state index < -0.39 is 0 Å². The molecule has 0 bridgehead atoms. The molecule has 1 aliphatic rings. The van der Waals surface area contributed by atoms with Gasteiger partial charge >= 0.3 is 0 Å². The van der Waals surface area contributed by atoms with Crippen molar-refractivity contribution in [2.24, 2.45) is 4.99 Å². The predicted octanol–water partition coefficient (Wildman–Crippen LogP) is 2.74. The lowest BCUT2D eigenvalue weighted by Crippen LogP contribution is -2.44. The number of nitrogens with zero attached hydrogens (tertiary/aromatic N) is 2. The van der Waals surface area contributed by atoms with Crippen molar-refractivity contribution in [1.82, 2.24) is 10.6 Å². The van der Waals surface area contributed by atoms with E-state index in [0.29, 0.717) is 12.6 Å². The number of rotatable bonds is 7. The van der Waals surface area contributed by atoms with E-state index in [1.165, 1.54) is 0 Å². The number of hydrogen-bond donors (Lipinski definition) is 3. The number of benzene rings is 2. The highest BCUT2D eigenvalue weighted by atomic mass is 16.5. The van der Waals surface area contributed by atoms with E-state index in [2.05, 4.69) is 27.4 Å². The molecule has 0 aromatic heterocycles. The first kappa shape index (κ1) is 20.6. The Morgan fingerprint density at radius 3 is 2.45 bits per heavy atom. The summed E-state index contributed by atoms with van der Waals surface area (Å²) in [4.78, 5) is 7.01. The lowest BCUT2D eigenvalue weighted by atomic mass is 10.2. The van der Waals surface area contributed by atoms with E-state index in [-0.39, 0.29) is 5.75 Å². The number of aliphatic imine (C=N–C) groups is 1. The molecule has 1 atom stereocenters. The molecule has 3 N–H and O–H groups in total. The Hall–Kier alpha value is -3.09. The van der Waals surface area contributed by atoms with E-state index in [1.807, 2.05) is 30.3 Å². The summed E-state index contributed by atoms with van der Waals surface area (Å²) in [6, 6.07) is 13.4. The average Bonchev–Trinajstić information content (AvgIpc) is 3.21. The largest absolute Gasteiger partial charge is 0.508 e. The maximum absolute atomic E-state index is 9.41. The van der Waals surface area contributed by atoms with Crippen LogP contribution in [0.3, 0.4) is 0 Å². The second kappa shape index (κ2) is 9.91. The second-order valence-corrected chi connectivity index (χ2v) is 7.01. The number of ether oxygens (including phenoxy) is 2. The Labute approximate surface area is 172 Å². The summed E-state index contributed by atoms with van der Waals surface area (Å²) in [5.74, 6) is 2.65. The van der Waals surface area contributed by atoms with Crippen LogP contribution >= 0.6 is 0 Å². The molecule has 2 aromatic rings. The normalized spacial score (nSPS) is 16.6. The van der Waals surface area contributed by atoms with Gasteiger partial charge in [-0.25, -0.2) is 4.99 Å². The molecule has 1 heterocycles. The van der Waals surface area contributed by atoms with Crippen LogP contribution in [0.5, 0.6) is 17.2 Å². The highest BCUT2D eigenvalue weighted by molar-refractivity contribution is 5.80. The molecule has 1 aliphatic heterocycles. The summed E-state index contributed by atoms with van der Waals surface area (Å²) in [7, 11) is 3.33. The SMILES string of the molecule is CCNC(=NCc1ccc(O)cc1)NC1CCN(c2cc(OC)cc(OC)c2)C1. The van der Waals surface area contributed by atoms with Crippen molar-refractivity contribution >= 4 is 11.6 Å². The van der Waals surface area contributed by atoms with Crippen molar-refractivity contribution in [3.05, 3.63) is 48.0 Å². The zero-order valence-corrected chi connectivity index (χ0v) is 17.3. The second-order valence-electron chi connectivity index (χ2n) is 7.01. The molecule has 1 fully saturated rings. The van der Waals surface area contributed by atoms with Crippen LogP contribution in [0.15, 0.2) is 47.5 Å². The number of phenols is 1. The summed E-state index contributed by atoms with van der Waals surface area (Å²) in [5.41, 5.74) is 2.15. The van der Waals surface area contributed by atoms with Crippen LogP contribution in [0.1, 0.15) is 18.9 Å². The van der Waals surface area contributed by atoms with E-state index in [1.54, 1.807) is 26.4 Å². The Bertz CT molecular complexity index is 801. The van der Waals surface area contributed by atoms with Crippen LogP contribution in [0.2, 0.25) is 0 Å². The van der Waals surface area contributed by atoms with Crippen LogP contribution in [-0.4, -0.2) is 51.0 Å². The van der Waals surface area contributed by atoms with Gasteiger partial charge in [0.15, 0.2) is 5.96 Å². The van der Waals surface area contributed by atoms with Gasteiger partial charge in [0.25, 0.3) is 0 Å². The van der Waals surface area contributed by atoms with Gasteiger partial charge in [0, 0.05) is 49.6 Å². The first-order chi connectivity index (χ1) is 14.1. The van der Waals surface area contributed by atoms with Crippen molar-refractivity contribution in [1.29, 1.82) is 0 Å². The third kappa shape index (κ3) is 5.70. The van der Waals surface area contributed by atoms with E-state index in [9.17, 15) is 5.11 Å². The van der Waals surface area contributed by atoms with Gasteiger partial charge in [0.2, 0.25) is 0 Å². The molecular formula is C22H30N4O3. The fraction of sp³-hybridized carbons (Fsp3) is 0.409. The molecule has 1 saturated heterocycles. The molecule has 29 heavy (non-hydrogen) atoms. The minimum absolute atomic E-state index is 0.267. The third-order valence-electron chi connectivity index (χ3n) is 4.93. The predicted molar refractivity (Wildman–Crippen MR) is 116 cm³/mol. The van der Waals surface area contributed by atoms with Gasteiger partial charge in [-0.3, -0.25) is 0 Å². The van der Waals surface area contributed by atoms with Crippen LogP contribution < -0.4 is 25.0 Å². The fourth-order valence-electron chi connectivity index (χ4n) is 3.37. The topological polar surface area (TPSA) is 78.4 Å². The van der Waals surface area contributed by atoms with Crippen LogP contribution in [-0.2, 0) is 6.54 Å². The number of phenolic OH excluding ortho intramolecular Hbond substituents is 1. The molecule has 7 heteroatoms. The molecule has 7 nitrogen and oxygen atoms in total. The summed E-state index contributed by atoms with van der Waals surface area (Å²) < 4.78 is 10.8. The first-order valence-corrected chi connectivity index (χ1v) is 9.92. The molecule has 0 saturated carbocycles. The molecule has 3 rings (SSSR count). The maximum Gasteiger partial charge on any atom is 0.191 e. The van der Waals surface area contributed by atoms with E-state index >= 15 is 0 Å². The smallest absolute Gasteiger partial charge is 0.191 e. The molecule has 0 spiro atoms. The van der Waals surface area contributed by atoms with Crippen molar-refractivity contribution in [3.63, 3.8) is 0 Å². The number of hydrogen-bond acceptors (Lipinski definition) is 5. The average molecular weight is 399 g/mol. The third-order valence-corrected chi connectivity index (χ3v) is 4.93. The fourth-order valence-corrected chi connectivity index (χ4v) is 3.37. The zero-order valence-electron chi connectivity index (χ0n) is 17.3. The van der Waals surface area contributed by atoms with Crippen molar-refractivity contribution in [3.8, 4) is 17.2 Å². The van der Waals surface area contributed by atoms with Crippen molar-refractivity contribution < 1.29 is 14.6 Å². The quantitative estimate of drug-likeness (QED) is 0.492. The number of guanidine groups is 1. The Balaban J connectivity index is 1.63. The monoisotopic (exact) mass is 398 g/mol. The van der Waals surface area contributed by atoms with Crippen molar-refractivity contribution in [2.75, 3.05) is 38.8 Å². The Morgan fingerprint density at radius 1 is 1.14 bits per heavy atom. The minimum Gasteiger partial charge on any atom is -0.508 e. The molecule has 0 aliphatic carbocycles. The maximum atomic E-state index is 9.41. The van der Waals surface area contributed by atoms with Gasteiger partial charge in [-0.1, -0.05) is 12.1 Å². The Kier molecular flexibility index (Phi) is 7.05. The van der Waals surface area contributed by atoms with E-state index in [4.69, 9.17) is 9.47 Å². The highest BCUT2D eigenvalue weighted by Crippen LogP contribution is 2.30. The van der Waals surface area contributed by atoms with Gasteiger partial charge in [0.05, 0.1) is 20.8 Å². The standard InChI is InChI=1S/C22H30N4O3/c1-4-23-22(24-14-16-5-7-19(27)8-6-16)25-17-9-10-26(15-17)18-11-20(28-2)13-21(12-18)29-3/h5-8,11-13,17,27H,4,9-10,14-15H2,1-3H3,(H2,23,24,25). The van der Waals surface area contributed by atoms with Crippen molar-refractivity contribution in [2.45, 2.75) is 25.9 Å². The molecule has 0 amide bonds. The first-order valence-electron chi connectivity index (χ1n) is 9.92. The summed E-state index contributed by atoms with van der Waals surface area (Å²) in [5, 5.41) is 16.3. The number of anilines is 1. The molecule has 1 unspecified atom stereocenters. The summed E-state index contributed by atoms with van der Waals surface area (Å²) >= 11 is 0. The summed E-state index contributed by atoms with van der Waals surface area (Å²) in [6.45, 7) is 5.23. The lowest BCUT2D eigenvalue weighted by molar-refractivity contribution is 0.394. The highest BCUT2D eigenvalue weighted by Gasteiger charge is 2.24. The number of nitrogens with one attached hydrogen (secondary N) is 2. The van der Waals surface area contributed by atoms with Crippen LogP contribution in [0.25, 0.3) is 0 Å². The van der Waals surface area contributed by atoms with Gasteiger partial charge in [-0.2, -0.15) is 0 Å². The summed E-state index contributed by atoms with van der Waals surface area (Å²) in [6.07, 6.45) is 1.02. The van der Waals surface area contributed by atoms with Gasteiger partial charge in [-0.05, 0) is 31.0 Å². The minimum atomic E-state index is 0.267. The number of aromatic hydroxyl groups is 1. The van der Waals surface area contributed by atoms with Gasteiger partial charge in [0.1, 0.15) is 17.2 Å². The van der Waals surface area contributed by atoms with Gasteiger partial charge in [-0.15, -0.1) is 0 Å².